The number of fused-ring (bicyclic) bond motifs is 3. The van der Waals surface area contributed by atoms with Gasteiger partial charge in [-0.05, 0) is 44.2 Å². The number of amides is 1. The lowest BCUT2D eigenvalue weighted by molar-refractivity contribution is 0.0876. The number of aromatic nitrogens is 5. The molecule has 156 valence electrons. The van der Waals surface area contributed by atoms with Crippen molar-refractivity contribution in [3.63, 3.8) is 0 Å². The number of imidazole rings is 1. The monoisotopic (exact) mass is 409 g/mol. The Hall–Kier alpha value is -3.27. The summed E-state index contributed by atoms with van der Waals surface area (Å²) in [5, 5.41) is 15.4. The molecule has 2 aliphatic rings. The van der Waals surface area contributed by atoms with Crippen LogP contribution < -0.4 is 16.2 Å². The smallest absolute Gasteiger partial charge is 0.276 e. The number of pyridine rings is 1. The van der Waals surface area contributed by atoms with Crippen LogP contribution in [0.15, 0.2) is 23.5 Å². The van der Waals surface area contributed by atoms with Crippen LogP contribution in [-0.2, 0) is 12.2 Å². The topological polar surface area (TPSA) is 127 Å². The summed E-state index contributed by atoms with van der Waals surface area (Å²) in [6.45, 7) is 2.17. The van der Waals surface area contributed by atoms with Crippen molar-refractivity contribution < 1.29 is 9.90 Å². The van der Waals surface area contributed by atoms with Crippen LogP contribution in [-0.4, -0.2) is 41.7 Å². The first-order valence-corrected chi connectivity index (χ1v) is 10.2. The zero-order chi connectivity index (χ0) is 20.9. The van der Waals surface area contributed by atoms with Crippen molar-refractivity contribution in [3.8, 4) is 0 Å². The number of aliphatic hydroxyl groups excluding tert-OH is 1. The zero-order valence-corrected chi connectivity index (χ0v) is 16.7. The number of nitrogens with one attached hydrogen (secondary N) is 2. The zero-order valence-electron chi connectivity index (χ0n) is 16.7. The van der Waals surface area contributed by atoms with E-state index in [-0.39, 0.29) is 18.1 Å². The summed E-state index contributed by atoms with van der Waals surface area (Å²) in [6, 6.07) is 1.69. The van der Waals surface area contributed by atoms with Crippen LogP contribution >= 0.6 is 0 Å². The quantitative estimate of drug-likeness (QED) is 0.594. The fourth-order valence-electron chi connectivity index (χ4n) is 4.71. The highest BCUT2D eigenvalue weighted by Gasteiger charge is 2.45. The molecule has 0 aromatic carbocycles. The minimum absolute atomic E-state index is 0.0350. The highest BCUT2D eigenvalue weighted by molar-refractivity contribution is 5.97. The second-order valence-corrected chi connectivity index (χ2v) is 7.96. The van der Waals surface area contributed by atoms with Gasteiger partial charge in [0.05, 0.1) is 12.9 Å². The number of carbonyl (C=O) groups is 1. The minimum Gasteiger partial charge on any atom is -0.395 e. The molecule has 0 unspecified atom stereocenters. The average molecular weight is 409 g/mol. The van der Waals surface area contributed by atoms with Crippen LogP contribution in [0.5, 0.6) is 0 Å². The Morgan fingerprint density at radius 3 is 2.77 bits per heavy atom. The lowest BCUT2D eigenvalue weighted by Crippen LogP contribution is -2.48. The Balaban J connectivity index is 1.62. The molecule has 10 heteroatoms. The lowest BCUT2D eigenvalue weighted by atomic mass is 9.89. The predicted molar refractivity (Wildman–Crippen MR) is 110 cm³/mol. The lowest BCUT2D eigenvalue weighted by Gasteiger charge is -2.35. The number of hydrogen-bond acceptors (Lipinski definition) is 7. The predicted octanol–water partition coefficient (Wildman–Crippen LogP) is 1.39. The van der Waals surface area contributed by atoms with Crippen LogP contribution in [0.3, 0.4) is 0 Å². The van der Waals surface area contributed by atoms with E-state index in [0.29, 0.717) is 34.9 Å². The highest BCUT2D eigenvalue weighted by Crippen LogP contribution is 2.37. The van der Waals surface area contributed by atoms with Crippen LogP contribution in [0.25, 0.3) is 11.2 Å². The molecule has 0 saturated heterocycles. The highest BCUT2D eigenvalue weighted by atomic mass is 16.3. The van der Waals surface area contributed by atoms with Gasteiger partial charge in [0.15, 0.2) is 17.0 Å². The number of aliphatic hydroxyl groups is 1. The third-order valence-corrected chi connectivity index (χ3v) is 6.06. The van der Waals surface area contributed by atoms with Crippen molar-refractivity contribution in [2.24, 2.45) is 0 Å². The first-order valence-electron chi connectivity index (χ1n) is 10.2. The van der Waals surface area contributed by atoms with Gasteiger partial charge in [-0.15, -0.1) is 0 Å². The van der Waals surface area contributed by atoms with Crippen LogP contribution in [0.4, 0.5) is 11.5 Å². The van der Waals surface area contributed by atoms with E-state index in [9.17, 15) is 14.7 Å². The largest absolute Gasteiger partial charge is 0.395 e. The van der Waals surface area contributed by atoms with E-state index >= 15 is 0 Å². The van der Waals surface area contributed by atoms with Gasteiger partial charge in [0.2, 0.25) is 0 Å². The number of carbonyl (C=O) groups excluding carboxylic acids is 1. The van der Waals surface area contributed by atoms with Crippen molar-refractivity contribution in [3.05, 3.63) is 40.3 Å². The second kappa shape index (κ2) is 6.91. The van der Waals surface area contributed by atoms with Crippen molar-refractivity contribution in [2.45, 2.75) is 51.2 Å². The van der Waals surface area contributed by atoms with E-state index < -0.39 is 5.66 Å². The normalized spacial score (nSPS) is 17.3. The SMILES string of the molecule is Cc1cc(Nc2ncnc3c2ncn3CCO)c(=O)n2c1C(=O)NC21CCCCC1. The van der Waals surface area contributed by atoms with E-state index in [1.54, 1.807) is 21.5 Å². The van der Waals surface area contributed by atoms with E-state index in [1.807, 2.05) is 6.92 Å². The summed E-state index contributed by atoms with van der Waals surface area (Å²) in [5.41, 5.74) is 1.69. The molecule has 1 fully saturated rings. The number of rotatable bonds is 4. The molecule has 0 bridgehead atoms. The van der Waals surface area contributed by atoms with Crippen LogP contribution in [0.1, 0.15) is 48.2 Å². The van der Waals surface area contributed by atoms with Crippen molar-refractivity contribution in [1.29, 1.82) is 0 Å². The van der Waals surface area contributed by atoms with Crippen molar-refractivity contribution in [1.82, 2.24) is 29.4 Å². The van der Waals surface area contributed by atoms with Gasteiger partial charge in [0.25, 0.3) is 11.5 Å². The molecule has 4 heterocycles. The summed E-state index contributed by atoms with van der Waals surface area (Å²) in [5.74, 6) is 0.217. The molecule has 1 spiro atoms. The minimum atomic E-state index is -0.645. The standard InChI is InChI=1S/C20H23N7O3/c1-12-9-13(24-16-14-17(22-10-21-16)26(7-8-28)11-23-14)19(30)27-15(12)18(29)25-20(27)5-3-2-4-6-20/h9-11,28H,2-8H2,1H3,(H,25,29)(H,21,22,24). The van der Waals surface area contributed by atoms with Crippen LogP contribution in [0.2, 0.25) is 0 Å². The van der Waals surface area contributed by atoms with E-state index in [2.05, 4.69) is 25.6 Å². The maximum absolute atomic E-state index is 13.5. The van der Waals surface area contributed by atoms with Crippen LogP contribution in [0, 0.1) is 6.92 Å². The number of nitrogens with zero attached hydrogens (tertiary/aromatic N) is 5. The van der Waals surface area contributed by atoms with Gasteiger partial charge in [-0.1, -0.05) is 6.42 Å². The summed E-state index contributed by atoms with van der Waals surface area (Å²) < 4.78 is 3.37. The molecule has 30 heavy (non-hydrogen) atoms. The summed E-state index contributed by atoms with van der Waals surface area (Å²) in [4.78, 5) is 39.0. The van der Waals surface area contributed by atoms with Crippen molar-refractivity contribution >= 4 is 28.6 Å². The first-order chi connectivity index (χ1) is 14.5. The fraction of sp³-hybridized carbons (Fsp3) is 0.450. The molecule has 3 N–H and O–H groups in total. The first kappa shape index (κ1) is 18.7. The van der Waals surface area contributed by atoms with Gasteiger partial charge in [0, 0.05) is 6.54 Å². The molecule has 3 aromatic rings. The number of hydrogen-bond donors (Lipinski definition) is 3. The molecule has 3 aromatic heterocycles. The fourth-order valence-corrected chi connectivity index (χ4v) is 4.71. The van der Waals surface area contributed by atoms with Crippen molar-refractivity contribution in [2.75, 3.05) is 11.9 Å². The van der Waals surface area contributed by atoms with E-state index in [0.717, 1.165) is 37.7 Å². The third kappa shape index (κ3) is 2.71. The number of anilines is 2. The molecule has 1 amide bonds. The van der Waals surface area contributed by atoms with Gasteiger partial charge in [0.1, 0.15) is 23.4 Å². The molecule has 1 aliphatic carbocycles. The van der Waals surface area contributed by atoms with Gasteiger partial charge in [-0.2, -0.15) is 0 Å². The Bertz CT molecular complexity index is 1210. The third-order valence-electron chi connectivity index (χ3n) is 6.06. The summed E-state index contributed by atoms with van der Waals surface area (Å²) >= 11 is 0. The molecule has 1 aliphatic heterocycles. The summed E-state index contributed by atoms with van der Waals surface area (Å²) in [6.07, 6.45) is 7.52. The van der Waals surface area contributed by atoms with Gasteiger partial charge in [-0.25, -0.2) is 15.0 Å². The molecule has 5 rings (SSSR count). The Morgan fingerprint density at radius 2 is 2.00 bits per heavy atom. The molecule has 0 radical (unpaired) electrons. The molecule has 1 saturated carbocycles. The Kier molecular flexibility index (Phi) is 4.31. The Labute approximate surface area is 172 Å². The van der Waals surface area contributed by atoms with E-state index in [1.165, 1.54) is 6.33 Å². The molecule has 0 atom stereocenters. The number of aryl methyl sites for hydroxylation is 1. The van der Waals surface area contributed by atoms with Gasteiger partial charge >= 0.3 is 0 Å². The van der Waals surface area contributed by atoms with Gasteiger partial charge < -0.3 is 20.3 Å². The maximum Gasteiger partial charge on any atom is 0.276 e. The van der Waals surface area contributed by atoms with Gasteiger partial charge in [-0.3, -0.25) is 14.2 Å². The molecule has 10 nitrogen and oxygen atoms in total. The molecular weight excluding hydrogens is 386 g/mol. The second-order valence-electron chi connectivity index (χ2n) is 7.96. The molecular formula is C20H23N7O3. The van der Waals surface area contributed by atoms with E-state index in [4.69, 9.17) is 0 Å². The maximum atomic E-state index is 13.5. The summed E-state index contributed by atoms with van der Waals surface area (Å²) in [7, 11) is 0. The Morgan fingerprint density at radius 1 is 1.20 bits per heavy atom. The average Bonchev–Trinajstić information content (AvgIpc) is 3.27.